The van der Waals surface area contributed by atoms with Crippen LogP contribution in [0.15, 0.2) is 53.9 Å². The smallest absolute Gasteiger partial charge is 0.138 e. The van der Waals surface area contributed by atoms with Crippen LogP contribution in [0.2, 0.25) is 5.02 Å². The molecule has 5 nitrogen and oxygen atoms in total. The van der Waals surface area contributed by atoms with Gasteiger partial charge in [-0.05, 0) is 24.3 Å². The number of nitrogens with zero attached hydrogens (tertiary/aromatic N) is 3. The van der Waals surface area contributed by atoms with Gasteiger partial charge in [-0.1, -0.05) is 11.6 Å². The van der Waals surface area contributed by atoms with Gasteiger partial charge in [0.05, 0.1) is 23.9 Å². The van der Waals surface area contributed by atoms with Crippen LogP contribution in [0.4, 0.5) is 5.69 Å². The molecule has 0 unspecified atom stereocenters. The number of furan rings is 1. The van der Waals surface area contributed by atoms with Crippen molar-refractivity contribution in [2.45, 2.75) is 6.54 Å². The van der Waals surface area contributed by atoms with Gasteiger partial charge >= 0.3 is 0 Å². The third-order valence-corrected chi connectivity index (χ3v) is 2.92. The van der Waals surface area contributed by atoms with Crippen molar-refractivity contribution in [2.24, 2.45) is 0 Å². The predicted molar refractivity (Wildman–Crippen MR) is 72.4 cm³/mol. The number of rotatable bonds is 4. The Labute approximate surface area is 114 Å². The SMILES string of the molecule is Clc1ccc(-n2cncn2)c(NCc2ccoc2)c1. The van der Waals surface area contributed by atoms with Crippen LogP contribution < -0.4 is 5.32 Å². The van der Waals surface area contributed by atoms with Gasteiger partial charge in [0.2, 0.25) is 0 Å². The minimum Gasteiger partial charge on any atom is -0.472 e. The zero-order valence-electron chi connectivity index (χ0n) is 9.95. The number of aromatic nitrogens is 3. The van der Waals surface area contributed by atoms with E-state index in [2.05, 4.69) is 15.4 Å². The van der Waals surface area contributed by atoms with Crippen molar-refractivity contribution >= 4 is 17.3 Å². The minimum absolute atomic E-state index is 0.651. The predicted octanol–water partition coefficient (Wildman–Crippen LogP) is 3.13. The zero-order chi connectivity index (χ0) is 13.1. The summed E-state index contributed by atoms with van der Waals surface area (Å²) in [6.45, 7) is 0.651. The summed E-state index contributed by atoms with van der Waals surface area (Å²) in [5.41, 5.74) is 2.84. The molecule has 0 atom stereocenters. The Morgan fingerprint density at radius 3 is 3.00 bits per heavy atom. The average Bonchev–Trinajstić information content (AvgIpc) is 3.10. The first-order valence-corrected chi connectivity index (χ1v) is 6.10. The van der Waals surface area contributed by atoms with Crippen molar-refractivity contribution in [1.29, 1.82) is 0 Å². The Balaban J connectivity index is 1.88. The zero-order valence-corrected chi connectivity index (χ0v) is 10.7. The molecule has 0 spiro atoms. The van der Waals surface area contributed by atoms with Crippen LogP contribution >= 0.6 is 11.6 Å². The second-order valence-corrected chi connectivity index (χ2v) is 4.42. The number of nitrogens with one attached hydrogen (secondary N) is 1. The largest absolute Gasteiger partial charge is 0.472 e. The van der Waals surface area contributed by atoms with Gasteiger partial charge < -0.3 is 9.73 Å². The molecular weight excluding hydrogens is 264 g/mol. The van der Waals surface area contributed by atoms with Crippen molar-refractivity contribution in [3.63, 3.8) is 0 Å². The Kier molecular flexibility index (Phi) is 3.20. The van der Waals surface area contributed by atoms with Crippen LogP contribution in [0.5, 0.6) is 0 Å². The van der Waals surface area contributed by atoms with Crippen LogP contribution in [-0.4, -0.2) is 14.8 Å². The van der Waals surface area contributed by atoms with Gasteiger partial charge in [0.15, 0.2) is 0 Å². The first-order chi connectivity index (χ1) is 9.33. The number of hydrogen-bond acceptors (Lipinski definition) is 4. The molecule has 0 saturated heterocycles. The highest BCUT2D eigenvalue weighted by Crippen LogP contribution is 2.24. The summed E-state index contributed by atoms with van der Waals surface area (Å²) in [5.74, 6) is 0. The van der Waals surface area contributed by atoms with Gasteiger partial charge in [-0.3, -0.25) is 0 Å². The van der Waals surface area contributed by atoms with Crippen molar-refractivity contribution < 1.29 is 4.42 Å². The summed E-state index contributed by atoms with van der Waals surface area (Å²) >= 11 is 6.04. The van der Waals surface area contributed by atoms with Crippen LogP contribution in [0.25, 0.3) is 5.69 Å². The molecule has 0 radical (unpaired) electrons. The minimum atomic E-state index is 0.651. The highest BCUT2D eigenvalue weighted by Gasteiger charge is 2.06. The summed E-state index contributed by atoms with van der Waals surface area (Å²) in [6, 6.07) is 7.49. The van der Waals surface area contributed by atoms with E-state index in [0.29, 0.717) is 11.6 Å². The van der Waals surface area contributed by atoms with Crippen molar-refractivity contribution in [3.05, 3.63) is 60.0 Å². The van der Waals surface area contributed by atoms with E-state index in [4.69, 9.17) is 16.0 Å². The molecule has 0 amide bonds. The number of benzene rings is 1. The van der Waals surface area contributed by atoms with E-state index >= 15 is 0 Å². The number of anilines is 1. The maximum absolute atomic E-state index is 6.04. The molecule has 0 saturated carbocycles. The summed E-state index contributed by atoms with van der Waals surface area (Å²) < 4.78 is 6.72. The van der Waals surface area contributed by atoms with Crippen LogP contribution in [0.1, 0.15) is 5.56 Å². The third-order valence-electron chi connectivity index (χ3n) is 2.69. The first-order valence-electron chi connectivity index (χ1n) is 5.72. The van der Waals surface area contributed by atoms with Gasteiger partial charge in [0.25, 0.3) is 0 Å². The lowest BCUT2D eigenvalue weighted by molar-refractivity contribution is 0.564. The molecule has 2 heterocycles. The Bertz CT molecular complexity index is 649. The molecule has 6 heteroatoms. The molecule has 1 N–H and O–H groups in total. The van der Waals surface area contributed by atoms with E-state index in [1.807, 2.05) is 24.3 Å². The Morgan fingerprint density at radius 1 is 1.32 bits per heavy atom. The van der Waals surface area contributed by atoms with Crippen molar-refractivity contribution in [1.82, 2.24) is 14.8 Å². The normalized spacial score (nSPS) is 10.6. The van der Waals surface area contributed by atoms with E-state index in [1.165, 1.54) is 6.33 Å². The molecule has 2 aromatic heterocycles. The second kappa shape index (κ2) is 5.16. The van der Waals surface area contributed by atoms with E-state index in [0.717, 1.165) is 16.9 Å². The summed E-state index contributed by atoms with van der Waals surface area (Å²) in [5, 5.41) is 8.10. The molecule has 3 aromatic rings. The fraction of sp³-hybridized carbons (Fsp3) is 0.0769. The molecule has 3 rings (SSSR count). The van der Waals surface area contributed by atoms with Crippen LogP contribution in [0.3, 0.4) is 0 Å². The third kappa shape index (κ3) is 2.61. The quantitative estimate of drug-likeness (QED) is 0.794. The van der Waals surface area contributed by atoms with Gasteiger partial charge in [0, 0.05) is 17.1 Å². The molecule has 0 aliphatic carbocycles. The summed E-state index contributed by atoms with van der Waals surface area (Å²) in [6.07, 6.45) is 6.49. The molecule has 0 bridgehead atoms. The van der Waals surface area contributed by atoms with Crippen molar-refractivity contribution in [3.8, 4) is 5.69 Å². The molecular formula is C13H11ClN4O. The Morgan fingerprint density at radius 2 is 2.26 bits per heavy atom. The van der Waals surface area contributed by atoms with Gasteiger partial charge in [0.1, 0.15) is 12.7 Å². The molecule has 0 aliphatic rings. The van der Waals surface area contributed by atoms with Crippen LogP contribution in [-0.2, 0) is 6.54 Å². The lowest BCUT2D eigenvalue weighted by Gasteiger charge is -2.11. The summed E-state index contributed by atoms with van der Waals surface area (Å²) in [4.78, 5) is 3.95. The lowest BCUT2D eigenvalue weighted by atomic mass is 10.2. The van der Waals surface area contributed by atoms with Gasteiger partial charge in [-0.25, -0.2) is 9.67 Å². The standard InChI is InChI=1S/C13H11ClN4O/c14-11-1-2-13(18-9-15-8-17-18)12(5-11)16-6-10-3-4-19-7-10/h1-5,7-9,16H,6H2. The second-order valence-electron chi connectivity index (χ2n) is 3.99. The molecule has 1 aromatic carbocycles. The topological polar surface area (TPSA) is 55.9 Å². The average molecular weight is 275 g/mol. The number of hydrogen-bond donors (Lipinski definition) is 1. The highest BCUT2D eigenvalue weighted by molar-refractivity contribution is 6.31. The number of halogens is 1. The summed E-state index contributed by atoms with van der Waals surface area (Å²) in [7, 11) is 0. The first kappa shape index (κ1) is 11.8. The fourth-order valence-electron chi connectivity index (χ4n) is 1.77. The van der Waals surface area contributed by atoms with E-state index in [-0.39, 0.29) is 0 Å². The highest BCUT2D eigenvalue weighted by atomic mass is 35.5. The Hall–Kier alpha value is -2.27. The molecule has 0 fully saturated rings. The van der Waals surface area contributed by atoms with E-state index < -0.39 is 0 Å². The lowest BCUT2D eigenvalue weighted by Crippen LogP contribution is -2.04. The maximum atomic E-state index is 6.04. The maximum Gasteiger partial charge on any atom is 0.138 e. The monoisotopic (exact) mass is 274 g/mol. The van der Waals surface area contributed by atoms with E-state index in [9.17, 15) is 0 Å². The van der Waals surface area contributed by atoms with Crippen LogP contribution in [0, 0.1) is 0 Å². The molecule has 0 aliphatic heterocycles. The van der Waals surface area contributed by atoms with E-state index in [1.54, 1.807) is 23.5 Å². The van der Waals surface area contributed by atoms with Gasteiger partial charge in [-0.15, -0.1) is 0 Å². The molecule has 19 heavy (non-hydrogen) atoms. The van der Waals surface area contributed by atoms with Gasteiger partial charge in [-0.2, -0.15) is 5.10 Å². The van der Waals surface area contributed by atoms with Crippen molar-refractivity contribution in [2.75, 3.05) is 5.32 Å². The molecule has 96 valence electrons. The fourth-order valence-corrected chi connectivity index (χ4v) is 1.94.